The van der Waals surface area contributed by atoms with Crippen LogP contribution in [0.4, 0.5) is 5.00 Å². The normalized spacial score (nSPS) is 28.8. The molecule has 3 aliphatic carbocycles. The summed E-state index contributed by atoms with van der Waals surface area (Å²) < 4.78 is 4.89. The van der Waals surface area contributed by atoms with Crippen LogP contribution >= 0.6 is 11.3 Å². The molecule has 0 radical (unpaired) electrons. The van der Waals surface area contributed by atoms with Gasteiger partial charge in [-0.1, -0.05) is 12.2 Å². The van der Waals surface area contributed by atoms with Crippen LogP contribution < -0.4 is 5.32 Å². The molecule has 1 heterocycles. The number of hydrogen-bond acceptors (Lipinski definition) is 5. The molecule has 7 heteroatoms. The summed E-state index contributed by atoms with van der Waals surface area (Å²) in [6.07, 6.45) is 7.27. The highest BCUT2D eigenvalue weighted by molar-refractivity contribution is 7.17. The topological polar surface area (TPSA) is 92.7 Å². The molecule has 1 amide bonds. The molecular weight excluding hydrogens is 342 g/mol. The number of ether oxygens (including phenoxy) is 1. The Morgan fingerprint density at radius 2 is 1.92 bits per heavy atom. The average Bonchev–Trinajstić information content (AvgIpc) is 3.32. The van der Waals surface area contributed by atoms with Crippen LogP contribution in [0.5, 0.6) is 0 Å². The molecule has 4 atom stereocenters. The molecule has 1 saturated carbocycles. The summed E-state index contributed by atoms with van der Waals surface area (Å²) in [5.41, 5.74) is 1.41. The Morgan fingerprint density at radius 1 is 1.20 bits per heavy atom. The summed E-state index contributed by atoms with van der Waals surface area (Å²) in [7, 11) is 1.33. The van der Waals surface area contributed by atoms with Gasteiger partial charge >= 0.3 is 11.9 Å². The summed E-state index contributed by atoms with van der Waals surface area (Å²) in [5.74, 6) is -3.09. The van der Waals surface area contributed by atoms with Gasteiger partial charge < -0.3 is 15.2 Å². The number of nitrogens with one attached hydrogen (secondary N) is 1. The second-order valence-corrected chi connectivity index (χ2v) is 7.99. The number of anilines is 1. The predicted molar refractivity (Wildman–Crippen MR) is 91.7 cm³/mol. The summed E-state index contributed by atoms with van der Waals surface area (Å²) in [6.45, 7) is 0. The first-order valence-electron chi connectivity index (χ1n) is 8.46. The number of rotatable bonds is 4. The van der Waals surface area contributed by atoms with Crippen LogP contribution in [0, 0.1) is 23.7 Å². The van der Waals surface area contributed by atoms with Crippen molar-refractivity contribution < 1.29 is 24.2 Å². The van der Waals surface area contributed by atoms with E-state index < -0.39 is 23.8 Å². The van der Waals surface area contributed by atoms with Crippen LogP contribution in [0.2, 0.25) is 0 Å². The second kappa shape index (κ2) is 5.98. The van der Waals surface area contributed by atoms with Gasteiger partial charge in [-0.2, -0.15) is 0 Å². The van der Waals surface area contributed by atoms with E-state index in [1.807, 2.05) is 12.2 Å². The first-order chi connectivity index (χ1) is 12.0. The van der Waals surface area contributed by atoms with Gasteiger partial charge in [-0.3, -0.25) is 9.59 Å². The zero-order valence-corrected chi connectivity index (χ0v) is 14.6. The van der Waals surface area contributed by atoms with E-state index in [9.17, 15) is 19.5 Å². The number of carbonyl (C=O) groups is 3. The summed E-state index contributed by atoms with van der Waals surface area (Å²) in [5, 5.41) is 12.9. The lowest BCUT2D eigenvalue weighted by atomic mass is 9.82. The van der Waals surface area contributed by atoms with Crippen LogP contribution in [-0.4, -0.2) is 30.1 Å². The third kappa shape index (κ3) is 2.49. The van der Waals surface area contributed by atoms with Crippen molar-refractivity contribution in [2.45, 2.75) is 25.7 Å². The minimum atomic E-state index is -0.932. The highest BCUT2D eigenvalue weighted by atomic mass is 32.1. The van der Waals surface area contributed by atoms with E-state index in [0.717, 1.165) is 29.7 Å². The van der Waals surface area contributed by atoms with Gasteiger partial charge in [0, 0.05) is 4.88 Å². The van der Waals surface area contributed by atoms with Crippen LogP contribution in [0.1, 0.15) is 33.6 Å². The van der Waals surface area contributed by atoms with Gasteiger partial charge in [-0.25, -0.2) is 4.79 Å². The number of aliphatic carboxylic acids is 1. The zero-order valence-electron chi connectivity index (χ0n) is 13.8. The molecule has 1 aromatic heterocycles. The zero-order chi connectivity index (χ0) is 17.7. The fourth-order valence-corrected chi connectivity index (χ4v) is 5.80. The Kier molecular flexibility index (Phi) is 3.91. The van der Waals surface area contributed by atoms with Crippen molar-refractivity contribution in [2.75, 3.05) is 12.4 Å². The number of carboxylic acids is 1. The molecule has 2 N–H and O–H groups in total. The minimum absolute atomic E-state index is 0.0421. The van der Waals surface area contributed by atoms with Crippen LogP contribution in [0.15, 0.2) is 12.2 Å². The quantitative estimate of drug-likeness (QED) is 0.635. The fourth-order valence-electron chi connectivity index (χ4n) is 4.52. The van der Waals surface area contributed by atoms with E-state index in [2.05, 4.69) is 5.32 Å². The van der Waals surface area contributed by atoms with Crippen molar-refractivity contribution in [1.82, 2.24) is 0 Å². The monoisotopic (exact) mass is 361 g/mol. The number of carbonyl (C=O) groups excluding carboxylic acids is 2. The number of carboxylic acid groups (broad SMARTS) is 1. The summed E-state index contributed by atoms with van der Waals surface area (Å²) >= 11 is 1.41. The van der Waals surface area contributed by atoms with Gasteiger partial charge in [0.15, 0.2) is 0 Å². The van der Waals surface area contributed by atoms with E-state index in [-0.39, 0.29) is 17.7 Å². The van der Waals surface area contributed by atoms with Crippen molar-refractivity contribution >= 4 is 34.2 Å². The molecule has 0 saturated heterocycles. The molecule has 1 aromatic rings. The largest absolute Gasteiger partial charge is 0.481 e. The highest BCUT2D eigenvalue weighted by Gasteiger charge is 2.51. The first kappa shape index (κ1) is 16.3. The first-order valence-corrected chi connectivity index (χ1v) is 9.27. The Bertz CT molecular complexity index is 796. The third-order valence-corrected chi connectivity index (χ3v) is 6.80. The predicted octanol–water partition coefficient (Wildman–Crippen LogP) is 2.48. The lowest BCUT2D eigenvalue weighted by Crippen LogP contribution is -2.36. The lowest BCUT2D eigenvalue weighted by Gasteiger charge is -2.23. The number of methoxy groups -OCH3 is 1. The average molecular weight is 361 g/mol. The number of esters is 1. The fraction of sp³-hybridized carbons (Fsp3) is 0.500. The van der Waals surface area contributed by atoms with E-state index in [1.165, 1.54) is 18.4 Å². The van der Waals surface area contributed by atoms with Crippen molar-refractivity contribution in [3.63, 3.8) is 0 Å². The van der Waals surface area contributed by atoms with Gasteiger partial charge in [0.1, 0.15) is 5.00 Å². The smallest absolute Gasteiger partial charge is 0.341 e. The maximum absolute atomic E-state index is 12.9. The molecule has 0 spiro atoms. The SMILES string of the molecule is COC(=O)c1c(NC(=O)C2C3C=CC(C3)C2C(=O)O)sc2c1CCC2. The van der Waals surface area contributed by atoms with Crippen molar-refractivity contribution in [3.8, 4) is 0 Å². The highest BCUT2D eigenvalue weighted by Crippen LogP contribution is 2.49. The number of amides is 1. The van der Waals surface area contributed by atoms with Crippen LogP contribution in [0.25, 0.3) is 0 Å². The Morgan fingerprint density at radius 3 is 2.60 bits per heavy atom. The van der Waals surface area contributed by atoms with E-state index in [1.54, 1.807) is 0 Å². The number of aryl methyl sites for hydroxylation is 1. The second-order valence-electron chi connectivity index (χ2n) is 6.88. The Hall–Kier alpha value is -2.15. The molecule has 2 bridgehead atoms. The molecule has 132 valence electrons. The molecular formula is C18H19NO5S. The molecule has 0 aliphatic heterocycles. The number of hydrogen-bond donors (Lipinski definition) is 2. The number of fused-ring (bicyclic) bond motifs is 3. The van der Waals surface area contributed by atoms with Gasteiger partial charge in [0.25, 0.3) is 0 Å². The van der Waals surface area contributed by atoms with Gasteiger partial charge in [-0.05, 0) is 43.1 Å². The van der Waals surface area contributed by atoms with Gasteiger partial charge in [-0.15, -0.1) is 11.3 Å². The van der Waals surface area contributed by atoms with Crippen molar-refractivity contribution in [3.05, 3.63) is 28.2 Å². The van der Waals surface area contributed by atoms with Crippen LogP contribution in [-0.2, 0) is 27.2 Å². The molecule has 6 nitrogen and oxygen atoms in total. The van der Waals surface area contributed by atoms with Gasteiger partial charge in [0.05, 0.1) is 24.5 Å². The van der Waals surface area contributed by atoms with E-state index >= 15 is 0 Å². The molecule has 4 unspecified atom stereocenters. The molecule has 0 aromatic carbocycles. The third-order valence-electron chi connectivity index (χ3n) is 5.59. The lowest BCUT2D eigenvalue weighted by molar-refractivity contribution is -0.146. The molecule has 3 aliphatic rings. The summed E-state index contributed by atoms with van der Waals surface area (Å²) in [4.78, 5) is 37.8. The van der Waals surface area contributed by atoms with E-state index in [4.69, 9.17) is 4.74 Å². The number of thiophene rings is 1. The number of allylic oxidation sites excluding steroid dienone is 2. The molecule has 1 fully saturated rings. The maximum Gasteiger partial charge on any atom is 0.341 e. The Balaban J connectivity index is 1.63. The van der Waals surface area contributed by atoms with Crippen molar-refractivity contribution in [1.29, 1.82) is 0 Å². The van der Waals surface area contributed by atoms with Crippen LogP contribution in [0.3, 0.4) is 0 Å². The standard InChI is InChI=1S/C18H19NO5S/c1-24-18(23)14-10-3-2-4-11(10)25-16(14)19-15(20)12-8-5-6-9(7-8)13(12)17(21)22/h5-6,8-9,12-13H,2-4,7H2,1H3,(H,19,20)(H,21,22). The van der Waals surface area contributed by atoms with Crippen molar-refractivity contribution in [2.24, 2.45) is 23.7 Å². The maximum atomic E-state index is 12.9. The molecule has 4 rings (SSSR count). The van der Waals surface area contributed by atoms with E-state index in [0.29, 0.717) is 17.0 Å². The Labute approximate surface area is 148 Å². The minimum Gasteiger partial charge on any atom is -0.481 e. The summed E-state index contributed by atoms with van der Waals surface area (Å²) in [6, 6.07) is 0. The molecule has 25 heavy (non-hydrogen) atoms. The van der Waals surface area contributed by atoms with Gasteiger partial charge in [0.2, 0.25) is 5.91 Å².